The summed E-state index contributed by atoms with van der Waals surface area (Å²) in [7, 11) is 0. The lowest BCUT2D eigenvalue weighted by Gasteiger charge is -2.34. The number of piperazine rings is 1. The molecule has 1 amide bonds. The molecule has 4 rings (SSSR count). The molecule has 0 radical (unpaired) electrons. The van der Waals surface area contributed by atoms with E-state index in [-0.39, 0.29) is 12.5 Å². The Bertz CT molecular complexity index is 1070. The first-order chi connectivity index (χ1) is 15.6. The fourth-order valence-corrected chi connectivity index (χ4v) is 3.74. The van der Waals surface area contributed by atoms with Crippen LogP contribution in [0.1, 0.15) is 15.9 Å². The molecule has 0 spiro atoms. The van der Waals surface area contributed by atoms with Crippen LogP contribution in [0.3, 0.4) is 0 Å². The van der Waals surface area contributed by atoms with Crippen molar-refractivity contribution in [3.63, 3.8) is 0 Å². The SMILES string of the molecule is Cc1cccc(Nc2cc(Nc3cccc(C(=O)N4CCN(CCO)CC4)c3)ncn2)c1. The van der Waals surface area contributed by atoms with Gasteiger partial charge in [-0.05, 0) is 42.8 Å². The van der Waals surface area contributed by atoms with Gasteiger partial charge in [-0.15, -0.1) is 0 Å². The third kappa shape index (κ3) is 5.60. The van der Waals surface area contributed by atoms with E-state index in [0.717, 1.165) is 24.5 Å². The fourth-order valence-electron chi connectivity index (χ4n) is 3.74. The highest BCUT2D eigenvalue weighted by Gasteiger charge is 2.22. The summed E-state index contributed by atoms with van der Waals surface area (Å²) >= 11 is 0. The Morgan fingerprint density at radius 2 is 1.59 bits per heavy atom. The molecule has 32 heavy (non-hydrogen) atoms. The molecule has 8 nitrogen and oxygen atoms in total. The second-order valence-corrected chi connectivity index (χ2v) is 7.85. The molecule has 3 aromatic rings. The number of carbonyl (C=O) groups excluding carboxylic acids is 1. The van der Waals surface area contributed by atoms with Gasteiger partial charge in [0, 0.05) is 55.7 Å². The Kier molecular flexibility index (Phi) is 6.94. The molecule has 0 atom stereocenters. The first kappa shape index (κ1) is 21.7. The minimum atomic E-state index is 0.0155. The number of aromatic nitrogens is 2. The average Bonchev–Trinajstić information content (AvgIpc) is 2.80. The molecular formula is C24H28N6O2. The molecule has 166 valence electrons. The van der Waals surface area contributed by atoms with Gasteiger partial charge in [0.25, 0.3) is 5.91 Å². The minimum absolute atomic E-state index is 0.0155. The molecule has 2 heterocycles. The quantitative estimate of drug-likeness (QED) is 0.528. The van der Waals surface area contributed by atoms with Crippen molar-refractivity contribution in [2.24, 2.45) is 0 Å². The van der Waals surface area contributed by atoms with Crippen molar-refractivity contribution in [3.8, 4) is 0 Å². The van der Waals surface area contributed by atoms with E-state index in [0.29, 0.717) is 36.8 Å². The van der Waals surface area contributed by atoms with Gasteiger partial charge in [0.2, 0.25) is 0 Å². The number of amides is 1. The Morgan fingerprint density at radius 3 is 2.25 bits per heavy atom. The number of carbonyl (C=O) groups is 1. The number of rotatable bonds is 7. The van der Waals surface area contributed by atoms with Gasteiger partial charge in [0.05, 0.1) is 6.61 Å². The summed E-state index contributed by atoms with van der Waals surface area (Å²) < 4.78 is 0. The zero-order chi connectivity index (χ0) is 22.3. The number of benzene rings is 2. The van der Waals surface area contributed by atoms with Crippen LogP contribution in [0.4, 0.5) is 23.0 Å². The van der Waals surface area contributed by atoms with Gasteiger partial charge < -0.3 is 20.6 Å². The van der Waals surface area contributed by atoms with Gasteiger partial charge in [0.1, 0.15) is 18.0 Å². The third-order valence-electron chi connectivity index (χ3n) is 5.42. The Hall–Kier alpha value is -3.49. The first-order valence-electron chi connectivity index (χ1n) is 10.8. The van der Waals surface area contributed by atoms with E-state index in [9.17, 15) is 4.79 Å². The van der Waals surface area contributed by atoms with E-state index in [1.165, 1.54) is 11.9 Å². The number of anilines is 4. The number of aliphatic hydroxyl groups is 1. The Morgan fingerprint density at radius 1 is 0.938 bits per heavy atom. The van der Waals surface area contributed by atoms with E-state index in [1.54, 1.807) is 0 Å². The number of nitrogens with one attached hydrogen (secondary N) is 2. The smallest absolute Gasteiger partial charge is 0.254 e. The summed E-state index contributed by atoms with van der Waals surface area (Å²) in [4.78, 5) is 25.6. The van der Waals surface area contributed by atoms with E-state index in [2.05, 4.69) is 25.5 Å². The molecule has 0 unspecified atom stereocenters. The normalized spacial score (nSPS) is 14.2. The van der Waals surface area contributed by atoms with Crippen LogP contribution in [0.2, 0.25) is 0 Å². The second-order valence-electron chi connectivity index (χ2n) is 7.85. The number of β-amino-alcohol motifs (C(OH)–C–C–N with tert-alkyl or cyclic N) is 1. The number of hydrogen-bond donors (Lipinski definition) is 3. The van der Waals surface area contributed by atoms with Gasteiger partial charge in [-0.2, -0.15) is 0 Å². The largest absolute Gasteiger partial charge is 0.395 e. The minimum Gasteiger partial charge on any atom is -0.395 e. The molecule has 3 N–H and O–H groups in total. The number of nitrogens with zero attached hydrogens (tertiary/aromatic N) is 4. The maximum absolute atomic E-state index is 12.9. The van der Waals surface area contributed by atoms with Crippen molar-refractivity contribution in [1.82, 2.24) is 19.8 Å². The highest BCUT2D eigenvalue weighted by atomic mass is 16.3. The topological polar surface area (TPSA) is 93.6 Å². The van der Waals surface area contributed by atoms with Crippen LogP contribution in [0, 0.1) is 6.92 Å². The molecule has 8 heteroatoms. The maximum Gasteiger partial charge on any atom is 0.254 e. The standard InChI is InChI=1S/C24H28N6O2/c1-18-4-2-6-20(14-18)27-22-16-23(26-17-25-22)28-21-7-3-5-19(15-21)24(32)30-10-8-29(9-11-30)12-13-31/h2-7,14-17,31H,8-13H2,1H3,(H2,25,26,27,28). The van der Waals surface area contributed by atoms with Crippen LogP contribution in [0.5, 0.6) is 0 Å². The van der Waals surface area contributed by atoms with Crippen molar-refractivity contribution in [1.29, 1.82) is 0 Å². The van der Waals surface area contributed by atoms with Gasteiger partial charge in [-0.1, -0.05) is 18.2 Å². The lowest BCUT2D eigenvalue weighted by molar-refractivity contribution is 0.0615. The number of aliphatic hydroxyl groups excluding tert-OH is 1. The molecule has 1 saturated heterocycles. The monoisotopic (exact) mass is 432 g/mol. The lowest BCUT2D eigenvalue weighted by Crippen LogP contribution is -2.49. The van der Waals surface area contributed by atoms with E-state index < -0.39 is 0 Å². The summed E-state index contributed by atoms with van der Waals surface area (Å²) in [5.74, 6) is 1.33. The van der Waals surface area contributed by atoms with E-state index in [4.69, 9.17) is 5.11 Å². The van der Waals surface area contributed by atoms with Gasteiger partial charge >= 0.3 is 0 Å². The molecule has 0 saturated carbocycles. The molecular weight excluding hydrogens is 404 g/mol. The molecule has 0 bridgehead atoms. The molecule has 1 aliphatic rings. The Balaban J connectivity index is 1.41. The van der Waals surface area contributed by atoms with E-state index >= 15 is 0 Å². The first-order valence-corrected chi connectivity index (χ1v) is 10.8. The second kappa shape index (κ2) is 10.2. The van der Waals surface area contributed by atoms with Crippen LogP contribution in [0.15, 0.2) is 60.9 Å². The van der Waals surface area contributed by atoms with Crippen molar-refractivity contribution in [2.45, 2.75) is 6.92 Å². The number of aryl methyl sites for hydroxylation is 1. The predicted octanol–water partition coefficient (Wildman–Crippen LogP) is 3.02. The van der Waals surface area contributed by atoms with Crippen molar-refractivity contribution in [3.05, 3.63) is 72.1 Å². The molecule has 0 aliphatic carbocycles. The zero-order valence-electron chi connectivity index (χ0n) is 18.2. The van der Waals surface area contributed by atoms with Crippen molar-refractivity contribution >= 4 is 28.9 Å². The molecule has 1 aliphatic heterocycles. The third-order valence-corrected chi connectivity index (χ3v) is 5.42. The summed E-state index contributed by atoms with van der Waals surface area (Å²) in [5, 5.41) is 15.6. The summed E-state index contributed by atoms with van der Waals surface area (Å²) in [6.45, 7) is 5.73. The highest BCUT2D eigenvalue weighted by molar-refractivity contribution is 5.95. The molecule has 1 fully saturated rings. The summed E-state index contributed by atoms with van der Waals surface area (Å²) in [5.41, 5.74) is 3.55. The van der Waals surface area contributed by atoms with Crippen LogP contribution in [0.25, 0.3) is 0 Å². The molecule has 2 aromatic carbocycles. The van der Waals surface area contributed by atoms with Gasteiger partial charge in [-0.25, -0.2) is 9.97 Å². The van der Waals surface area contributed by atoms with Crippen LogP contribution in [-0.2, 0) is 0 Å². The van der Waals surface area contributed by atoms with Gasteiger partial charge in [-0.3, -0.25) is 9.69 Å². The van der Waals surface area contributed by atoms with Crippen LogP contribution in [-0.4, -0.2) is 70.1 Å². The van der Waals surface area contributed by atoms with Crippen LogP contribution < -0.4 is 10.6 Å². The van der Waals surface area contributed by atoms with E-state index in [1.807, 2.05) is 66.4 Å². The highest BCUT2D eigenvalue weighted by Crippen LogP contribution is 2.21. The average molecular weight is 433 g/mol. The van der Waals surface area contributed by atoms with Crippen LogP contribution >= 0.6 is 0 Å². The Labute approximate surface area is 187 Å². The zero-order valence-corrected chi connectivity index (χ0v) is 18.2. The van der Waals surface area contributed by atoms with Gasteiger partial charge in [0.15, 0.2) is 0 Å². The number of hydrogen-bond acceptors (Lipinski definition) is 7. The summed E-state index contributed by atoms with van der Waals surface area (Å²) in [6, 6.07) is 17.4. The fraction of sp³-hybridized carbons (Fsp3) is 0.292. The maximum atomic E-state index is 12.9. The van der Waals surface area contributed by atoms with Crippen molar-refractivity contribution < 1.29 is 9.90 Å². The lowest BCUT2D eigenvalue weighted by atomic mass is 10.1. The summed E-state index contributed by atoms with van der Waals surface area (Å²) in [6.07, 6.45) is 1.50. The van der Waals surface area contributed by atoms with Crippen molar-refractivity contribution in [2.75, 3.05) is 50.0 Å². The molecule has 1 aromatic heterocycles. The predicted molar refractivity (Wildman–Crippen MR) is 126 cm³/mol.